The Bertz CT molecular complexity index is 477. The molecular formula is C15H19Br2NO. The molecule has 0 saturated heterocycles. The van der Waals surface area contributed by atoms with Crippen LogP contribution in [0.5, 0.6) is 5.75 Å². The molecule has 2 saturated carbocycles. The van der Waals surface area contributed by atoms with E-state index in [9.17, 15) is 0 Å². The van der Waals surface area contributed by atoms with Crippen molar-refractivity contribution >= 4 is 31.9 Å². The lowest BCUT2D eigenvalue weighted by molar-refractivity contribution is 0.346. The zero-order chi connectivity index (χ0) is 13.4. The van der Waals surface area contributed by atoms with Gasteiger partial charge in [0.15, 0.2) is 0 Å². The highest BCUT2D eigenvalue weighted by molar-refractivity contribution is 9.11. The molecule has 1 aromatic rings. The zero-order valence-corrected chi connectivity index (χ0v) is 14.3. The van der Waals surface area contributed by atoms with Gasteiger partial charge in [-0.25, -0.2) is 0 Å². The summed E-state index contributed by atoms with van der Waals surface area (Å²) in [7, 11) is 1.73. The molecular weight excluding hydrogens is 370 g/mol. The molecule has 0 aliphatic heterocycles. The van der Waals surface area contributed by atoms with Gasteiger partial charge in [0.1, 0.15) is 5.75 Å². The molecule has 0 amide bonds. The number of benzene rings is 1. The molecule has 0 heterocycles. The van der Waals surface area contributed by atoms with Gasteiger partial charge < -0.3 is 10.1 Å². The first-order valence-electron chi connectivity index (χ1n) is 6.92. The Morgan fingerprint density at radius 2 is 2.11 bits per heavy atom. The molecule has 1 aromatic carbocycles. The van der Waals surface area contributed by atoms with E-state index in [1.54, 1.807) is 7.11 Å². The summed E-state index contributed by atoms with van der Waals surface area (Å²) in [6, 6.07) is 4.88. The summed E-state index contributed by atoms with van der Waals surface area (Å²) < 4.78 is 7.60. The third kappa shape index (κ3) is 2.86. The first kappa shape index (κ1) is 13.9. The van der Waals surface area contributed by atoms with E-state index in [1.165, 1.54) is 31.2 Å². The van der Waals surface area contributed by atoms with Crippen LogP contribution in [-0.4, -0.2) is 13.2 Å². The maximum absolute atomic E-state index is 5.50. The van der Waals surface area contributed by atoms with Crippen molar-refractivity contribution in [1.29, 1.82) is 0 Å². The predicted molar refractivity (Wildman–Crippen MR) is 84.5 cm³/mol. The average molecular weight is 389 g/mol. The molecule has 19 heavy (non-hydrogen) atoms. The first-order valence-corrected chi connectivity index (χ1v) is 8.51. The number of hydrogen-bond acceptors (Lipinski definition) is 2. The fourth-order valence-corrected chi connectivity index (χ4v) is 5.18. The van der Waals surface area contributed by atoms with Crippen molar-refractivity contribution in [3.05, 3.63) is 26.6 Å². The molecule has 2 fully saturated rings. The molecule has 0 aromatic heterocycles. The monoisotopic (exact) mass is 387 g/mol. The number of halogens is 2. The molecule has 2 aliphatic carbocycles. The fraction of sp³-hybridized carbons (Fsp3) is 0.600. The Hall–Kier alpha value is -0.0600. The van der Waals surface area contributed by atoms with Crippen LogP contribution >= 0.6 is 31.9 Å². The van der Waals surface area contributed by atoms with Crippen molar-refractivity contribution < 1.29 is 4.74 Å². The average Bonchev–Trinajstić information content (AvgIpc) is 2.97. The van der Waals surface area contributed by atoms with Gasteiger partial charge in [-0.1, -0.05) is 22.4 Å². The summed E-state index contributed by atoms with van der Waals surface area (Å²) in [5.74, 6) is 2.84. The van der Waals surface area contributed by atoms with E-state index in [4.69, 9.17) is 4.74 Å². The van der Waals surface area contributed by atoms with Gasteiger partial charge in [0, 0.05) is 22.6 Å². The maximum atomic E-state index is 5.50. The van der Waals surface area contributed by atoms with Gasteiger partial charge in [-0.05, 0) is 59.2 Å². The summed E-state index contributed by atoms with van der Waals surface area (Å²) in [6.45, 7) is 0.884. The highest BCUT2D eigenvalue weighted by Gasteiger charge is 2.39. The van der Waals surface area contributed by atoms with Crippen molar-refractivity contribution in [2.75, 3.05) is 7.11 Å². The molecule has 2 aliphatic rings. The summed E-state index contributed by atoms with van der Waals surface area (Å²) in [6.07, 6.45) is 5.68. The molecule has 1 N–H and O–H groups in total. The van der Waals surface area contributed by atoms with Crippen molar-refractivity contribution in [3.8, 4) is 5.75 Å². The fourth-order valence-electron chi connectivity index (χ4n) is 3.71. The van der Waals surface area contributed by atoms with Gasteiger partial charge >= 0.3 is 0 Å². The summed E-state index contributed by atoms with van der Waals surface area (Å²) in [5, 5.41) is 3.74. The zero-order valence-electron chi connectivity index (χ0n) is 11.1. The summed E-state index contributed by atoms with van der Waals surface area (Å²) >= 11 is 7.11. The number of nitrogens with one attached hydrogen (secondary N) is 1. The molecule has 2 bridgehead atoms. The van der Waals surface area contributed by atoms with Crippen LogP contribution < -0.4 is 10.1 Å². The number of fused-ring (bicyclic) bond motifs is 2. The Balaban J connectivity index is 1.69. The van der Waals surface area contributed by atoms with Crippen LogP contribution in [0.25, 0.3) is 0 Å². The lowest BCUT2D eigenvalue weighted by atomic mass is 9.95. The van der Waals surface area contributed by atoms with Gasteiger partial charge in [-0.2, -0.15) is 0 Å². The first-order chi connectivity index (χ1) is 9.17. The van der Waals surface area contributed by atoms with Crippen LogP contribution in [0.2, 0.25) is 0 Å². The van der Waals surface area contributed by atoms with E-state index in [2.05, 4.69) is 43.2 Å². The largest absolute Gasteiger partial charge is 0.495 e. The quantitative estimate of drug-likeness (QED) is 0.819. The van der Waals surface area contributed by atoms with Gasteiger partial charge in [0.2, 0.25) is 0 Å². The van der Waals surface area contributed by atoms with Crippen molar-refractivity contribution in [1.82, 2.24) is 5.32 Å². The molecule has 4 heteroatoms. The second-order valence-corrected chi connectivity index (χ2v) is 7.51. The molecule has 104 valence electrons. The van der Waals surface area contributed by atoms with Crippen molar-refractivity contribution in [3.63, 3.8) is 0 Å². The number of hydrogen-bond donors (Lipinski definition) is 1. The SMILES string of the molecule is COc1c(Br)cc(Br)cc1CNC1CC2CCC1C2. The van der Waals surface area contributed by atoms with E-state index in [0.717, 1.165) is 33.1 Å². The van der Waals surface area contributed by atoms with Crippen LogP contribution in [0.4, 0.5) is 0 Å². The van der Waals surface area contributed by atoms with E-state index in [0.29, 0.717) is 6.04 Å². The third-order valence-electron chi connectivity index (χ3n) is 4.58. The second-order valence-electron chi connectivity index (χ2n) is 5.74. The van der Waals surface area contributed by atoms with Crippen LogP contribution in [0.3, 0.4) is 0 Å². The Kier molecular flexibility index (Phi) is 4.20. The normalized spacial score (nSPS) is 28.9. The highest BCUT2D eigenvalue weighted by atomic mass is 79.9. The highest BCUT2D eigenvalue weighted by Crippen LogP contribution is 2.44. The Morgan fingerprint density at radius 3 is 2.74 bits per heavy atom. The number of ether oxygens (including phenoxy) is 1. The van der Waals surface area contributed by atoms with E-state index in [-0.39, 0.29) is 0 Å². The van der Waals surface area contributed by atoms with Crippen LogP contribution in [-0.2, 0) is 6.54 Å². The lowest BCUT2D eigenvalue weighted by Gasteiger charge is -2.23. The van der Waals surface area contributed by atoms with Gasteiger partial charge in [0.05, 0.1) is 11.6 Å². The van der Waals surface area contributed by atoms with Crippen LogP contribution in [0, 0.1) is 11.8 Å². The topological polar surface area (TPSA) is 21.3 Å². The van der Waals surface area contributed by atoms with Gasteiger partial charge in [-0.3, -0.25) is 0 Å². The minimum absolute atomic E-state index is 0.709. The van der Waals surface area contributed by atoms with E-state index >= 15 is 0 Å². The number of methoxy groups -OCH3 is 1. The lowest BCUT2D eigenvalue weighted by Crippen LogP contribution is -2.33. The molecule has 0 spiro atoms. The minimum atomic E-state index is 0.709. The van der Waals surface area contributed by atoms with E-state index < -0.39 is 0 Å². The Morgan fingerprint density at radius 1 is 1.26 bits per heavy atom. The summed E-state index contributed by atoms with van der Waals surface area (Å²) in [5.41, 5.74) is 1.21. The van der Waals surface area contributed by atoms with E-state index in [1.807, 2.05) is 6.07 Å². The minimum Gasteiger partial charge on any atom is -0.495 e. The van der Waals surface area contributed by atoms with Crippen LogP contribution in [0.1, 0.15) is 31.2 Å². The smallest absolute Gasteiger partial charge is 0.137 e. The Labute approximate surface area is 131 Å². The van der Waals surface area contributed by atoms with Crippen LogP contribution in [0.15, 0.2) is 21.1 Å². The van der Waals surface area contributed by atoms with Gasteiger partial charge in [-0.15, -0.1) is 0 Å². The third-order valence-corrected chi connectivity index (χ3v) is 5.63. The standard InChI is InChI=1S/C15H19Br2NO/c1-19-15-11(6-12(16)7-13(15)17)8-18-14-5-9-2-3-10(14)4-9/h6-7,9-10,14,18H,2-5,8H2,1H3. The van der Waals surface area contributed by atoms with Gasteiger partial charge in [0.25, 0.3) is 0 Å². The molecule has 0 radical (unpaired) electrons. The number of rotatable bonds is 4. The molecule has 2 nitrogen and oxygen atoms in total. The molecule has 3 unspecified atom stereocenters. The molecule has 3 rings (SSSR count). The second kappa shape index (κ2) is 5.74. The van der Waals surface area contributed by atoms with Crippen molar-refractivity contribution in [2.45, 2.75) is 38.3 Å². The molecule has 3 atom stereocenters. The summed E-state index contributed by atoms with van der Waals surface area (Å²) in [4.78, 5) is 0. The predicted octanol–water partition coefficient (Wildman–Crippen LogP) is 4.50. The maximum Gasteiger partial charge on any atom is 0.137 e. The van der Waals surface area contributed by atoms with Crippen molar-refractivity contribution in [2.24, 2.45) is 11.8 Å².